The van der Waals surface area contributed by atoms with Crippen molar-refractivity contribution in [3.8, 4) is 22.8 Å². The van der Waals surface area contributed by atoms with Crippen molar-refractivity contribution in [2.45, 2.75) is 17.8 Å². The van der Waals surface area contributed by atoms with E-state index in [4.69, 9.17) is 20.5 Å². The summed E-state index contributed by atoms with van der Waals surface area (Å²) in [6.07, 6.45) is -0.625. The van der Waals surface area contributed by atoms with Crippen LogP contribution in [0.25, 0.3) is 22.3 Å². The lowest BCUT2D eigenvalue weighted by atomic mass is 9.56. The predicted octanol–water partition coefficient (Wildman–Crippen LogP) is 1.82. The Balaban J connectivity index is 2.10. The molecule has 1 aliphatic heterocycles. The van der Waals surface area contributed by atoms with E-state index in [1.54, 1.807) is 32.1 Å². The van der Waals surface area contributed by atoms with Gasteiger partial charge < -0.3 is 24.1 Å². The van der Waals surface area contributed by atoms with Gasteiger partial charge in [0.05, 0.1) is 11.1 Å². The van der Waals surface area contributed by atoms with Crippen molar-refractivity contribution < 1.29 is 33.5 Å². The van der Waals surface area contributed by atoms with Crippen molar-refractivity contribution in [2.24, 2.45) is 0 Å². The quantitative estimate of drug-likeness (QED) is 0.316. The van der Waals surface area contributed by atoms with Crippen LogP contribution in [-0.4, -0.2) is 59.0 Å². The second-order valence-corrected chi connectivity index (χ2v) is 10.0. The van der Waals surface area contributed by atoms with Crippen LogP contribution >= 0.6 is 19.4 Å². The Labute approximate surface area is 194 Å². The summed E-state index contributed by atoms with van der Waals surface area (Å²) >= 11 is 6.28. The molecule has 2 heterocycles. The van der Waals surface area contributed by atoms with Crippen LogP contribution in [0.5, 0.6) is 11.5 Å². The lowest BCUT2D eigenvalue weighted by Gasteiger charge is -2.43. The van der Waals surface area contributed by atoms with E-state index in [9.17, 15) is 29.4 Å². The average molecular weight is 494 g/mol. The Morgan fingerprint density at radius 1 is 1.30 bits per heavy atom. The van der Waals surface area contributed by atoms with Gasteiger partial charge in [-0.2, -0.15) is 0 Å². The summed E-state index contributed by atoms with van der Waals surface area (Å²) in [6.45, 7) is 0.822. The zero-order valence-corrected chi connectivity index (χ0v) is 19.5. The molecule has 1 aromatic heterocycles. The smallest absolute Gasteiger partial charge is 0.507 e. The van der Waals surface area contributed by atoms with Crippen LogP contribution in [0.4, 0.5) is 0 Å². The van der Waals surface area contributed by atoms with Gasteiger partial charge >= 0.3 is 7.82 Å². The third kappa shape index (κ3) is 4.42. The highest BCUT2D eigenvalue weighted by atomic mass is 35.5. The van der Waals surface area contributed by atoms with Crippen molar-refractivity contribution in [3.63, 3.8) is 0 Å². The van der Waals surface area contributed by atoms with Crippen LogP contribution in [-0.2, 0) is 9.88 Å². The SMILES string of the molecule is B[C@]1(c2c(OP(=O)(O)O)cc(O)c3c(=O)cc(-c4ccccc4Cl)oc23)CCN(C)C[C@H]1O. The first-order valence-corrected chi connectivity index (χ1v) is 12.0. The number of hydrogen-bond donors (Lipinski definition) is 4. The molecule has 3 aromatic rings. The number of aliphatic hydroxyl groups excluding tert-OH is 1. The second kappa shape index (κ2) is 8.47. The predicted molar refractivity (Wildman–Crippen MR) is 126 cm³/mol. The van der Waals surface area contributed by atoms with Crippen molar-refractivity contribution in [3.05, 3.63) is 57.2 Å². The topological polar surface area (TPSA) is 141 Å². The molecule has 1 aliphatic rings. The van der Waals surface area contributed by atoms with Gasteiger partial charge in [0, 0.05) is 35.1 Å². The molecule has 9 nitrogen and oxygen atoms in total. The van der Waals surface area contributed by atoms with E-state index in [-0.39, 0.29) is 34.6 Å². The third-order valence-electron chi connectivity index (χ3n) is 6.11. The van der Waals surface area contributed by atoms with E-state index in [0.29, 0.717) is 23.6 Å². The molecule has 0 bridgehead atoms. The number of β-amino-alcohol motifs (C(OH)–C–C–N with tert-alkyl or cyclic N) is 1. The average Bonchev–Trinajstić information content (AvgIpc) is 2.69. The molecular weight excluding hydrogens is 471 g/mol. The molecule has 1 fully saturated rings. The minimum absolute atomic E-state index is 0.0882. The number of phenols is 1. The molecule has 4 rings (SSSR count). The van der Waals surface area contributed by atoms with E-state index in [0.717, 1.165) is 6.07 Å². The fourth-order valence-corrected chi connectivity index (χ4v) is 4.93. The molecule has 0 radical (unpaired) electrons. The Kier molecular flexibility index (Phi) is 6.11. The molecule has 2 aromatic carbocycles. The number of rotatable bonds is 4. The molecule has 33 heavy (non-hydrogen) atoms. The number of aromatic hydroxyl groups is 1. The molecule has 0 unspecified atom stereocenters. The van der Waals surface area contributed by atoms with Crippen LogP contribution in [0.2, 0.25) is 5.02 Å². The first kappa shape index (κ1) is 23.8. The molecule has 174 valence electrons. The maximum atomic E-state index is 13.0. The molecule has 0 amide bonds. The lowest BCUT2D eigenvalue weighted by molar-refractivity contribution is 0.0449. The Bertz CT molecular complexity index is 1340. The van der Waals surface area contributed by atoms with Gasteiger partial charge in [0.2, 0.25) is 0 Å². The normalized spacial score (nSPS) is 21.9. The number of phosphoric acid groups is 1. The molecule has 12 heteroatoms. The number of nitrogens with zero attached hydrogens (tertiary/aromatic N) is 1. The summed E-state index contributed by atoms with van der Waals surface area (Å²) in [5.74, 6) is -0.848. The van der Waals surface area contributed by atoms with Crippen LogP contribution in [0.3, 0.4) is 0 Å². The van der Waals surface area contributed by atoms with E-state index in [1.165, 1.54) is 6.07 Å². The zero-order chi connectivity index (χ0) is 24.1. The van der Waals surface area contributed by atoms with Gasteiger partial charge in [-0.15, -0.1) is 0 Å². The van der Waals surface area contributed by atoms with Crippen LogP contribution in [0.15, 0.2) is 45.6 Å². The van der Waals surface area contributed by atoms with E-state index in [2.05, 4.69) is 0 Å². The minimum atomic E-state index is -5.06. The monoisotopic (exact) mass is 493 g/mol. The number of piperidine rings is 1. The molecule has 4 N–H and O–H groups in total. The maximum absolute atomic E-state index is 13.0. The number of hydrogen-bond acceptors (Lipinski definition) is 7. The van der Waals surface area contributed by atoms with Gasteiger partial charge in [0.1, 0.15) is 36.1 Å². The minimum Gasteiger partial charge on any atom is -0.507 e. The number of phenolic OH excluding ortho intramolecular Hbond substituents is 1. The summed E-state index contributed by atoms with van der Waals surface area (Å²) in [5, 5.41) is 20.6. The Morgan fingerprint density at radius 3 is 2.64 bits per heavy atom. The summed E-state index contributed by atoms with van der Waals surface area (Å²) in [4.78, 5) is 34.0. The molecule has 0 aliphatic carbocycles. The highest BCUT2D eigenvalue weighted by Gasteiger charge is 2.44. The van der Waals surface area contributed by atoms with Crippen LogP contribution in [0.1, 0.15) is 12.0 Å². The van der Waals surface area contributed by atoms with Gasteiger partial charge in [-0.1, -0.05) is 23.7 Å². The summed E-state index contributed by atoms with van der Waals surface area (Å²) in [6, 6.07) is 8.84. The number of fused-ring (bicyclic) bond motifs is 1. The fourth-order valence-electron chi connectivity index (χ4n) is 4.30. The number of phosphoric ester groups is 1. The van der Waals surface area contributed by atoms with Crippen molar-refractivity contribution in [1.82, 2.24) is 4.90 Å². The van der Waals surface area contributed by atoms with Gasteiger partial charge in [-0.3, -0.25) is 14.6 Å². The number of benzene rings is 2. The van der Waals surface area contributed by atoms with Crippen LogP contribution in [0, 0.1) is 0 Å². The zero-order valence-electron chi connectivity index (χ0n) is 17.9. The highest BCUT2D eigenvalue weighted by Crippen LogP contribution is 2.49. The van der Waals surface area contributed by atoms with Gasteiger partial charge in [-0.25, -0.2) is 4.57 Å². The second-order valence-electron chi connectivity index (χ2n) is 8.46. The van der Waals surface area contributed by atoms with Crippen molar-refractivity contribution in [1.29, 1.82) is 0 Å². The van der Waals surface area contributed by atoms with Gasteiger partial charge in [-0.05, 0) is 32.1 Å². The Hall–Kier alpha value is -2.33. The van der Waals surface area contributed by atoms with E-state index < -0.39 is 30.4 Å². The van der Waals surface area contributed by atoms with Crippen molar-refractivity contribution in [2.75, 3.05) is 20.1 Å². The van der Waals surface area contributed by atoms with E-state index in [1.807, 2.05) is 11.9 Å². The first-order valence-electron chi connectivity index (χ1n) is 10.1. The molecule has 2 atom stereocenters. The summed E-state index contributed by atoms with van der Waals surface area (Å²) < 4.78 is 22.7. The largest absolute Gasteiger partial charge is 0.524 e. The van der Waals surface area contributed by atoms with E-state index >= 15 is 0 Å². The molecule has 0 saturated carbocycles. The highest BCUT2D eigenvalue weighted by molar-refractivity contribution is 7.46. The Morgan fingerprint density at radius 2 is 2.00 bits per heavy atom. The number of likely N-dealkylation sites (tertiary alicyclic amines) is 1. The lowest BCUT2D eigenvalue weighted by Crippen LogP contribution is -2.53. The summed E-state index contributed by atoms with van der Waals surface area (Å²) in [7, 11) is -1.53. The van der Waals surface area contributed by atoms with Gasteiger partial charge in [0.25, 0.3) is 0 Å². The number of halogens is 1. The fraction of sp³-hybridized carbons (Fsp3) is 0.286. The van der Waals surface area contributed by atoms with Crippen LogP contribution < -0.4 is 9.95 Å². The number of likely N-dealkylation sites (N-methyl/N-ethyl adjacent to an activating group) is 1. The first-order chi connectivity index (χ1) is 15.4. The van der Waals surface area contributed by atoms with Crippen molar-refractivity contribution >= 4 is 38.2 Å². The number of aliphatic hydroxyl groups is 1. The molecular formula is C21H22BClNO8P. The molecule has 0 spiro atoms. The summed E-state index contributed by atoms with van der Waals surface area (Å²) in [5.41, 5.74) is -0.213. The standard InChI is InChI=1S/C21H22BClNO8P/c1-24-7-6-21(22,17(27)10-24)19-16(32-33(28,29)30)9-14(26)18-13(25)8-15(31-20(18)19)11-4-2-3-5-12(11)23/h2-5,8-9,17,26-27H,6-7,10,22H2,1H3,(H2,28,29,30)/t17-,21-/m1/s1. The third-order valence-corrected chi connectivity index (χ3v) is 6.87. The molecule has 1 saturated heterocycles. The van der Waals surface area contributed by atoms with Gasteiger partial charge in [0.15, 0.2) is 5.43 Å². The maximum Gasteiger partial charge on any atom is 0.524 e.